The molecule has 17 heavy (non-hydrogen) atoms. The highest BCUT2D eigenvalue weighted by Crippen LogP contribution is 2.06. The SMILES string of the molecule is CCNC(=O)CNCc1c(C(=O)O)cnn1C. The van der Waals surface area contributed by atoms with Gasteiger partial charge in [0.15, 0.2) is 0 Å². The van der Waals surface area contributed by atoms with Gasteiger partial charge in [-0.05, 0) is 6.92 Å². The van der Waals surface area contributed by atoms with Crippen LogP contribution >= 0.6 is 0 Å². The van der Waals surface area contributed by atoms with Gasteiger partial charge in [-0.2, -0.15) is 5.10 Å². The summed E-state index contributed by atoms with van der Waals surface area (Å²) in [5.41, 5.74) is 0.692. The zero-order valence-corrected chi connectivity index (χ0v) is 9.86. The topological polar surface area (TPSA) is 96.2 Å². The maximum absolute atomic E-state index is 11.2. The number of aromatic nitrogens is 2. The molecule has 7 nitrogen and oxygen atoms in total. The van der Waals surface area contributed by atoms with E-state index >= 15 is 0 Å². The number of carboxylic acids is 1. The highest BCUT2D eigenvalue weighted by molar-refractivity contribution is 5.88. The minimum Gasteiger partial charge on any atom is -0.478 e. The molecule has 1 amide bonds. The zero-order valence-electron chi connectivity index (χ0n) is 9.86. The summed E-state index contributed by atoms with van der Waals surface area (Å²) in [5, 5.41) is 18.3. The molecule has 1 rings (SSSR count). The molecule has 1 heterocycles. The van der Waals surface area contributed by atoms with Crippen LogP contribution in [0, 0.1) is 0 Å². The lowest BCUT2D eigenvalue weighted by Crippen LogP contribution is -2.33. The van der Waals surface area contributed by atoms with E-state index in [1.165, 1.54) is 10.9 Å². The number of likely N-dealkylation sites (N-methyl/N-ethyl adjacent to an activating group) is 1. The lowest BCUT2D eigenvalue weighted by Gasteiger charge is -2.06. The number of carbonyl (C=O) groups excluding carboxylic acids is 1. The monoisotopic (exact) mass is 240 g/mol. The molecule has 0 bridgehead atoms. The van der Waals surface area contributed by atoms with Gasteiger partial charge >= 0.3 is 5.97 Å². The van der Waals surface area contributed by atoms with Crippen molar-refractivity contribution in [1.82, 2.24) is 20.4 Å². The van der Waals surface area contributed by atoms with Gasteiger partial charge < -0.3 is 15.7 Å². The molecule has 3 N–H and O–H groups in total. The van der Waals surface area contributed by atoms with Gasteiger partial charge in [0.2, 0.25) is 5.91 Å². The molecule has 7 heteroatoms. The third-order valence-corrected chi connectivity index (χ3v) is 2.24. The van der Waals surface area contributed by atoms with E-state index in [9.17, 15) is 9.59 Å². The highest BCUT2D eigenvalue weighted by atomic mass is 16.4. The normalized spacial score (nSPS) is 10.2. The molecule has 0 spiro atoms. The second-order valence-corrected chi connectivity index (χ2v) is 3.49. The van der Waals surface area contributed by atoms with Crippen molar-refractivity contribution in [3.63, 3.8) is 0 Å². The van der Waals surface area contributed by atoms with Crippen LogP contribution in [0.3, 0.4) is 0 Å². The first-order chi connectivity index (χ1) is 8.06. The summed E-state index contributed by atoms with van der Waals surface area (Å²) >= 11 is 0. The van der Waals surface area contributed by atoms with Gasteiger partial charge in [-0.1, -0.05) is 0 Å². The zero-order chi connectivity index (χ0) is 12.8. The van der Waals surface area contributed by atoms with Gasteiger partial charge in [0.1, 0.15) is 5.56 Å². The predicted molar refractivity (Wildman–Crippen MR) is 60.6 cm³/mol. The Hall–Kier alpha value is -1.89. The van der Waals surface area contributed by atoms with Gasteiger partial charge in [0.05, 0.1) is 18.4 Å². The van der Waals surface area contributed by atoms with E-state index in [2.05, 4.69) is 15.7 Å². The van der Waals surface area contributed by atoms with E-state index in [-0.39, 0.29) is 24.6 Å². The molecular weight excluding hydrogens is 224 g/mol. The Balaban J connectivity index is 2.54. The number of hydrogen-bond acceptors (Lipinski definition) is 4. The summed E-state index contributed by atoms with van der Waals surface area (Å²) in [6.45, 7) is 2.85. The second-order valence-electron chi connectivity index (χ2n) is 3.49. The molecule has 0 radical (unpaired) electrons. The molecule has 0 atom stereocenters. The summed E-state index contributed by atoms with van der Waals surface area (Å²) in [4.78, 5) is 22.0. The molecule has 0 saturated carbocycles. The van der Waals surface area contributed by atoms with E-state index in [0.717, 1.165) is 0 Å². The smallest absolute Gasteiger partial charge is 0.339 e. The summed E-state index contributed by atoms with van der Waals surface area (Å²) in [6, 6.07) is 0. The molecule has 0 aliphatic heterocycles. The number of carboxylic acid groups (broad SMARTS) is 1. The third kappa shape index (κ3) is 3.56. The Morgan fingerprint density at radius 1 is 1.53 bits per heavy atom. The van der Waals surface area contributed by atoms with E-state index in [4.69, 9.17) is 5.11 Å². The molecule has 1 aromatic heterocycles. The molecule has 0 fully saturated rings. The molecule has 0 saturated heterocycles. The Kier molecular flexibility index (Phi) is 4.65. The van der Waals surface area contributed by atoms with Crippen LogP contribution in [0.1, 0.15) is 23.0 Å². The third-order valence-electron chi connectivity index (χ3n) is 2.24. The van der Waals surface area contributed by atoms with Crippen LogP contribution in [0.2, 0.25) is 0 Å². The Morgan fingerprint density at radius 3 is 2.82 bits per heavy atom. The average molecular weight is 240 g/mol. The van der Waals surface area contributed by atoms with Crippen molar-refractivity contribution in [2.45, 2.75) is 13.5 Å². The van der Waals surface area contributed by atoms with Crippen molar-refractivity contribution in [1.29, 1.82) is 0 Å². The van der Waals surface area contributed by atoms with Gasteiger partial charge in [0.25, 0.3) is 0 Å². The number of carbonyl (C=O) groups is 2. The van der Waals surface area contributed by atoms with Crippen molar-refractivity contribution < 1.29 is 14.7 Å². The molecule has 0 aliphatic carbocycles. The van der Waals surface area contributed by atoms with Gasteiger partial charge in [-0.25, -0.2) is 4.79 Å². The van der Waals surface area contributed by atoms with Crippen LogP contribution in [0.5, 0.6) is 0 Å². The average Bonchev–Trinajstić information content (AvgIpc) is 2.61. The maximum atomic E-state index is 11.2. The lowest BCUT2D eigenvalue weighted by atomic mass is 10.2. The van der Waals surface area contributed by atoms with Crippen molar-refractivity contribution in [3.05, 3.63) is 17.5 Å². The van der Waals surface area contributed by atoms with Crippen molar-refractivity contribution in [2.24, 2.45) is 7.05 Å². The minimum absolute atomic E-state index is 0.119. The Morgan fingerprint density at radius 2 is 2.24 bits per heavy atom. The van der Waals surface area contributed by atoms with E-state index in [0.29, 0.717) is 12.2 Å². The number of rotatable bonds is 6. The van der Waals surface area contributed by atoms with Crippen LogP contribution in [0.4, 0.5) is 0 Å². The summed E-state index contributed by atoms with van der Waals surface area (Å²) in [7, 11) is 1.66. The van der Waals surface area contributed by atoms with Crippen LogP contribution < -0.4 is 10.6 Å². The molecule has 0 aromatic carbocycles. The van der Waals surface area contributed by atoms with E-state index in [1.807, 2.05) is 6.92 Å². The fourth-order valence-electron chi connectivity index (χ4n) is 1.41. The molecule has 94 valence electrons. The fourth-order valence-corrected chi connectivity index (χ4v) is 1.41. The molecule has 1 aromatic rings. The van der Waals surface area contributed by atoms with Crippen molar-refractivity contribution >= 4 is 11.9 Å². The first-order valence-corrected chi connectivity index (χ1v) is 5.27. The summed E-state index contributed by atoms with van der Waals surface area (Å²) < 4.78 is 1.48. The van der Waals surface area contributed by atoms with Gasteiger partial charge in [-0.3, -0.25) is 9.48 Å². The summed E-state index contributed by atoms with van der Waals surface area (Å²) in [5.74, 6) is -1.14. The van der Waals surface area contributed by atoms with Gasteiger partial charge in [0, 0.05) is 20.1 Å². The molecule has 0 unspecified atom stereocenters. The van der Waals surface area contributed by atoms with Crippen molar-refractivity contribution in [2.75, 3.05) is 13.1 Å². The molecule has 0 aliphatic rings. The number of aromatic carboxylic acids is 1. The fraction of sp³-hybridized carbons (Fsp3) is 0.500. The Bertz CT molecular complexity index is 414. The second kappa shape index (κ2) is 6.00. The lowest BCUT2D eigenvalue weighted by molar-refractivity contribution is -0.120. The Labute approximate surface area is 98.8 Å². The van der Waals surface area contributed by atoms with E-state index < -0.39 is 5.97 Å². The first kappa shape index (κ1) is 13.2. The first-order valence-electron chi connectivity index (χ1n) is 5.27. The predicted octanol–water partition coefficient (Wildman–Crippen LogP) is -0.656. The molecular formula is C10H16N4O3. The number of hydrogen-bond donors (Lipinski definition) is 3. The highest BCUT2D eigenvalue weighted by Gasteiger charge is 2.14. The van der Waals surface area contributed by atoms with Gasteiger partial charge in [-0.15, -0.1) is 0 Å². The number of aryl methyl sites for hydroxylation is 1. The quantitative estimate of drug-likeness (QED) is 0.613. The largest absolute Gasteiger partial charge is 0.478 e. The number of nitrogens with one attached hydrogen (secondary N) is 2. The summed E-state index contributed by atoms with van der Waals surface area (Å²) in [6.07, 6.45) is 1.30. The van der Waals surface area contributed by atoms with Crippen LogP contribution in [-0.4, -0.2) is 39.9 Å². The number of amides is 1. The minimum atomic E-state index is -1.02. The van der Waals surface area contributed by atoms with Crippen molar-refractivity contribution in [3.8, 4) is 0 Å². The van der Waals surface area contributed by atoms with Crippen LogP contribution in [-0.2, 0) is 18.4 Å². The van der Waals surface area contributed by atoms with Crippen LogP contribution in [0.25, 0.3) is 0 Å². The maximum Gasteiger partial charge on any atom is 0.339 e. The standard InChI is InChI=1S/C10H16N4O3/c1-3-12-9(15)6-11-5-8-7(10(16)17)4-13-14(8)2/h4,11H,3,5-6H2,1-2H3,(H,12,15)(H,16,17). The van der Waals surface area contributed by atoms with E-state index in [1.54, 1.807) is 7.05 Å². The number of nitrogens with zero attached hydrogens (tertiary/aromatic N) is 2. The van der Waals surface area contributed by atoms with Crippen LogP contribution in [0.15, 0.2) is 6.20 Å².